The number of nitrogens with zero attached hydrogens (tertiary/aromatic N) is 1. The summed E-state index contributed by atoms with van der Waals surface area (Å²) in [5.74, 6) is -1.98. The van der Waals surface area contributed by atoms with Crippen LogP contribution in [0.15, 0.2) is 18.2 Å². The van der Waals surface area contributed by atoms with E-state index in [-0.39, 0.29) is 23.0 Å². The molecule has 0 aliphatic heterocycles. The highest BCUT2D eigenvalue weighted by Crippen LogP contribution is 2.20. The third-order valence-electron chi connectivity index (χ3n) is 2.18. The number of amides is 1. The first-order chi connectivity index (χ1) is 8.74. The van der Waals surface area contributed by atoms with E-state index in [0.29, 0.717) is 4.90 Å². The number of alkyl halides is 4. The molecule has 0 heterocycles. The minimum absolute atomic E-state index is 0.155. The third-order valence-corrected chi connectivity index (χ3v) is 2.65. The summed E-state index contributed by atoms with van der Waals surface area (Å²) in [5, 5.41) is -0.212. The molecule has 0 aliphatic carbocycles. The highest BCUT2D eigenvalue weighted by Gasteiger charge is 2.33. The fourth-order valence-electron chi connectivity index (χ4n) is 1.38. The number of hydrogen-bond acceptors (Lipinski definition) is 1. The Morgan fingerprint density at radius 1 is 1.32 bits per heavy atom. The first kappa shape index (κ1) is 16.0. The van der Waals surface area contributed by atoms with E-state index >= 15 is 0 Å². The van der Waals surface area contributed by atoms with Crippen molar-refractivity contribution < 1.29 is 22.4 Å². The van der Waals surface area contributed by atoms with Crippen LogP contribution in [-0.2, 0) is 0 Å². The molecule has 0 saturated carbocycles. The highest BCUT2D eigenvalue weighted by atomic mass is 35.5. The van der Waals surface area contributed by atoms with E-state index in [4.69, 9.17) is 23.2 Å². The summed E-state index contributed by atoms with van der Waals surface area (Å²) in [5.41, 5.74) is -0.212. The van der Waals surface area contributed by atoms with Gasteiger partial charge in [-0.15, -0.1) is 11.6 Å². The molecule has 0 radical (unpaired) electrons. The molecule has 1 amide bonds. The average molecular weight is 318 g/mol. The molecule has 1 aromatic rings. The molecule has 2 nitrogen and oxygen atoms in total. The van der Waals surface area contributed by atoms with Crippen molar-refractivity contribution in [1.29, 1.82) is 0 Å². The number of carbonyl (C=O) groups is 1. The van der Waals surface area contributed by atoms with Crippen LogP contribution in [0.1, 0.15) is 10.4 Å². The molecule has 0 N–H and O–H groups in total. The van der Waals surface area contributed by atoms with Gasteiger partial charge in [-0.05, 0) is 18.2 Å². The monoisotopic (exact) mass is 317 g/mol. The fraction of sp³-hybridized carbons (Fsp3) is 0.364. The number of rotatable bonds is 4. The Hall–Kier alpha value is -1.01. The lowest BCUT2D eigenvalue weighted by molar-refractivity contribution is -0.140. The molecule has 0 atom stereocenters. The summed E-state index contributed by atoms with van der Waals surface area (Å²) in [4.78, 5) is 12.3. The van der Waals surface area contributed by atoms with Crippen LogP contribution in [0, 0.1) is 5.82 Å². The summed E-state index contributed by atoms with van der Waals surface area (Å²) in [6.07, 6.45) is -4.55. The van der Waals surface area contributed by atoms with E-state index in [0.717, 1.165) is 18.2 Å². The molecule has 0 saturated heterocycles. The van der Waals surface area contributed by atoms with Crippen molar-refractivity contribution in [3.05, 3.63) is 34.6 Å². The van der Waals surface area contributed by atoms with Crippen molar-refractivity contribution >= 4 is 29.1 Å². The number of hydrogen-bond donors (Lipinski definition) is 0. The van der Waals surface area contributed by atoms with Crippen molar-refractivity contribution in [2.75, 3.05) is 19.0 Å². The zero-order valence-corrected chi connectivity index (χ0v) is 11.0. The van der Waals surface area contributed by atoms with Crippen LogP contribution in [-0.4, -0.2) is 36.0 Å². The van der Waals surface area contributed by atoms with Gasteiger partial charge in [0.05, 0.1) is 5.02 Å². The van der Waals surface area contributed by atoms with E-state index in [1.165, 1.54) is 0 Å². The van der Waals surface area contributed by atoms with Crippen LogP contribution in [0.3, 0.4) is 0 Å². The van der Waals surface area contributed by atoms with Crippen molar-refractivity contribution in [2.24, 2.45) is 0 Å². The van der Waals surface area contributed by atoms with Gasteiger partial charge in [0.2, 0.25) is 0 Å². The molecular formula is C11H9Cl2F4NO. The predicted octanol–water partition coefficient (Wildman–Crippen LogP) is 3.72. The van der Waals surface area contributed by atoms with Crippen LogP contribution in [0.5, 0.6) is 0 Å². The van der Waals surface area contributed by atoms with Crippen molar-refractivity contribution in [2.45, 2.75) is 6.18 Å². The van der Waals surface area contributed by atoms with Crippen LogP contribution < -0.4 is 0 Å². The topological polar surface area (TPSA) is 20.3 Å². The molecule has 0 aromatic heterocycles. The Morgan fingerprint density at radius 3 is 2.42 bits per heavy atom. The summed E-state index contributed by atoms with van der Waals surface area (Å²) < 4.78 is 50.1. The lowest BCUT2D eigenvalue weighted by Crippen LogP contribution is -2.40. The maximum absolute atomic E-state index is 13.2. The molecule has 106 valence electrons. The van der Waals surface area contributed by atoms with E-state index < -0.39 is 24.4 Å². The summed E-state index contributed by atoms with van der Waals surface area (Å²) in [6.45, 7) is -1.73. The maximum atomic E-state index is 13.2. The van der Waals surface area contributed by atoms with Crippen LogP contribution >= 0.6 is 23.2 Å². The molecule has 0 unspecified atom stereocenters. The SMILES string of the molecule is O=C(c1ccc(Cl)c(F)c1)N(CCCl)CC(F)(F)F. The fourth-order valence-corrected chi connectivity index (χ4v) is 1.70. The lowest BCUT2D eigenvalue weighted by atomic mass is 10.2. The number of benzene rings is 1. The third kappa shape index (κ3) is 4.87. The quantitative estimate of drug-likeness (QED) is 0.612. The second kappa shape index (κ2) is 6.43. The molecule has 0 spiro atoms. The first-order valence-electron chi connectivity index (χ1n) is 5.11. The van der Waals surface area contributed by atoms with Gasteiger partial charge in [0.25, 0.3) is 5.91 Å². The van der Waals surface area contributed by atoms with E-state index in [2.05, 4.69) is 0 Å². The smallest absolute Gasteiger partial charge is 0.328 e. The van der Waals surface area contributed by atoms with Crippen molar-refractivity contribution in [3.8, 4) is 0 Å². The van der Waals surface area contributed by atoms with Gasteiger partial charge in [-0.3, -0.25) is 4.79 Å². The van der Waals surface area contributed by atoms with E-state index in [1.807, 2.05) is 0 Å². The Labute approximate surface area is 116 Å². The molecule has 1 aromatic carbocycles. The average Bonchev–Trinajstić information content (AvgIpc) is 2.29. The Balaban J connectivity index is 2.95. The summed E-state index contributed by atoms with van der Waals surface area (Å²) in [6, 6.07) is 3.06. The molecule has 0 fully saturated rings. The Bertz CT molecular complexity index is 464. The normalized spacial score (nSPS) is 11.5. The van der Waals surface area contributed by atoms with Gasteiger partial charge in [0.15, 0.2) is 0 Å². The Morgan fingerprint density at radius 2 is 1.95 bits per heavy atom. The molecular weight excluding hydrogens is 309 g/mol. The Kier molecular flexibility index (Phi) is 5.43. The van der Waals surface area contributed by atoms with Gasteiger partial charge in [0.1, 0.15) is 12.4 Å². The number of carbonyl (C=O) groups excluding carboxylic acids is 1. The molecule has 0 aliphatic rings. The number of halogens is 6. The zero-order chi connectivity index (χ0) is 14.6. The second-order valence-corrected chi connectivity index (χ2v) is 4.44. The minimum atomic E-state index is -4.55. The van der Waals surface area contributed by atoms with E-state index in [1.54, 1.807) is 0 Å². The highest BCUT2D eigenvalue weighted by molar-refractivity contribution is 6.30. The second-order valence-electron chi connectivity index (χ2n) is 3.66. The largest absolute Gasteiger partial charge is 0.406 e. The van der Waals surface area contributed by atoms with Gasteiger partial charge in [-0.2, -0.15) is 13.2 Å². The maximum Gasteiger partial charge on any atom is 0.406 e. The van der Waals surface area contributed by atoms with Gasteiger partial charge in [-0.25, -0.2) is 4.39 Å². The van der Waals surface area contributed by atoms with Crippen molar-refractivity contribution in [3.63, 3.8) is 0 Å². The molecule has 8 heteroatoms. The van der Waals surface area contributed by atoms with Gasteiger partial charge < -0.3 is 4.90 Å². The van der Waals surface area contributed by atoms with Gasteiger partial charge in [0, 0.05) is 18.0 Å². The predicted molar refractivity (Wildman–Crippen MR) is 64.1 cm³/mol. The molecule has 1 rings (SSSR count). The van der Waals surface area contributed by atoms with Crippen molar-refractivity contribution in [1.82, 2.24) is 4.90 Å². The zero-order valence-electron chi connectivity index (χ0n) is 9.48. The van der Waals surface area contributed by atoms with Crippen LogP contribution in [0.4, 0.5) is 17.6 Å². The summed E-state index contributed by atoms with van der Waals surface area (Å²) in [7, 11) is 0. The van der Waals surface area contributed by atoms with E-state index in [9.17, 15) is 22.4 Å². The lowest BCUT2D eigenvalue weighted by Gasteiger charge is -2.23. The van der Waals surface area contributed by atoms with Crippen LogP contribution in [0.25, 0.3) is 0 Å². The standard InChI is InChI=1S/C11H9Cl2F4NO/c12-3-4-18(6-11(15,16)17)10(19)7-1-2-8(13)9(14)5-7/h1-2,5H,3-4,6H2. The molecule has 0 bridgehead atoms. The van der Waals surface area contributed by atoms with Gasteiger partial charge >= 0.3 is 6.18 Å². The minimum Gasteiger partial charge on any atom is -0.328 e. The van der Waals surface area contributed by atoms with Crippen LogP contribution in [0.2, 0.25) is 5.02 Å². The van der Waals surface area contributed by atoms with Gasteiger partial charge in [-0.1, -0.05) is 11.6 Å². The first-order valence-corrected chi connectivity index (χ1v) is 6.03. The summed E-state index contributed by atoms with van der Waals surface area (Å²) >= 11 is 10.8. The molecule has 19 heavy (non-hydrogen) atoms.